The smallest absolute Gasteiger partial charge is 0.123 e. The number of ether oxygens (including phenoxy) is 1. The van der Waals surface area contributed by atoms with Gasteiger partial charge >= 0.3 is 0 Å². The summed E-state index contributed by atoms with van der Waals surface area (Å²) >= 11 is 0. The molecular formula is C17H29FN2O. The van der Waals surface area contributed by atoms with E-state index in [9.17, 15) is 4.39 Å². The van der Waals surface area contributed by atoms with E-state index in [1.54, 1.807) is 7.11 Å². The number of nitrogens with two attached hydrogens (primary N) is 1. The van der Waals surface area contributed by atoms with Crippen LogP contribution in [0.15, 0.2) is 24.3 Å². The number of benzene rings is 1. The first-order chi connectivity index (χ1) is 10.0. The van der Waals surface area contributed by atoms with Gasteiger partial charge in [-0.05, 0) is 37.5 Å². The number of rotatable bonds is 9. The summed E-state index contributed by atoms with van der Waals surface area (Å²) in [6.45, 7) is 7.95. The second kappa shape index (κ2) is 9.13. The topological polar surface area (TPSA) is 38.5 Å². The molecule has 0 saturated heterocycles. The van der Waals surface area contributed by atoms with Crippen molar-refractivity contribution in [1.29, 1.82) is 0 Å². The average Bonchev–Trinajstić information content (AvgIpc) is 2.51. The van der Waals surface area contributed by atoms with Crippen LogP contribution < -0.4 is 5.73 Å². The van der Waals surface area contributed by atoms with Gasteiger partial charge in [-0.1, -0.05) is 26.0 Å². The van der Waals surface area contributed by atoms with E-state index in [2.05, 4.69) is 25.7 Å². The fourth-order valence-corrected chi connectivity index (χ4v) is 2.63. The minimum Gasteiger partial charge on any atom is -0.383 e. The Bertz CT molecular complexity index is 396. The summed E-state index contributed by atoms with van der Waals surface area (Å²) < 4.78 is 18.4. The van der Waals surface area contributed by atoms with Crippen molar-refractivity contribution >= 4 is 0 Å². The molecule has 1 aromatic carbocycles. The highest BCUT2D eigenvalue weighted by Gasteiger charge is 2.28. The Hall–Kier alpha value is -0.970. The van der Waals surface area contributed by atoms with Crippen LogP contribution >= 0.6 is 0 Å². The Morgan fingerprint density at radius 2 is 1.81 bits per heavy atom. The lowest BCUT2D eigenvalue weighted by Gasteiger charge is -2.39. The number of methoxy groups -OCH3 is 1. The molecule has 4 heteroatoms. The van der Waals surface area contributed by atoms with Crippen molar-refractivity contribution in [3.63, 3.8) is 0 Å². The first-order valence-electron chi connectivity index (χ1n) is 7.80. The zero-order valence-electron chi connectivity index (χ0n) is 13.7. The third-order valence-corrected chi connectivity index (χ3v) is 4.16. The first-order valence-corrected chi connectivity index (χ1v) is 7.80. The summed E-state index contributed by atoms with van der Waals surface area (Å²) in [4.78, 5) is 2.38. The summed E-state index contributed by atoms with van der Waals surface area (Å²) in [6, 6.07) is 7.20. The molecule has 0 aliphatic rings. The molecule has 0 aliphatic carbocycles. The van der Waals surface area contributed by atoms with E-state index in [4.69, 9.17) is 10.5 Å². The minimum absolute atomic E-state index is 0.0151. The molecule has 0 amide bonds. The van der Waals surface area contributed by atoms with Gasteiger partial charge < -0.3 is 10.5 Å². The van der Waals surface area contributed by atoms with Crippen LogP contribution in [0.25, 0.3) is 0 Å². The second-order valence-electron chi connectivity index (χ2n) is 5.56. The number of hydrogen-bond acceptors (Lipinski definition) is 3. The zero-order valence-corrected chi connectivity index (χ0v) is 13.7. The van der Waals surface area contributed by atoms with Gasteiger partial charge in [-0.25, -0.2) is 4.39 Å². The molecule has 1 aromatic rings. The predicted octanol–water partition coefficient (Wildman–Crippen LogP) is 3.35. The van der Waals surface area contributed by atoms with Gasteiger partial charge in [0.25, 0.3) is 0 Å². The third kappa shape index (κ3) is 5.06. The highest BCUT2D eigenvalue weighted by Crippen LogP contribution is 2.28. The van der Waals surface area contributed by atoms with Crippen LogP contribution in [0, 0.1) is 5.82 Å². The largest absolute Gasteiger partial charge is 0.383 e. The van der Waals surface area contributed by atoms with Crippen LogP contribution in [0.1, 0.15) is 45.2 Å². The van der Waals surface area contributed by atoms with Crippen molar-refractivity contribution in [2.75, 3.05) is 20.3 Å². The molecule has 1 rings (SSSR count). The SMILES string of the molecule is CCC(N)C(c1ccc(F)cc1)N(CCOC)C(C)CC. The van der Waals surface area contributed by atoms with Gasteiger partial charge in [0.15, 0.2) is 0 Å². The number of halogens is 1. The molecule has 0 spiro atoms. The summed E-state index contributed by atoms with van der Waals surface area (Å²) in [5, 5.41) is 0. The standard InChI is InChI=1S/C17H29FN2O/c1-5-13(3)20(11-12-21-4)17(16(19)6-2)14-7-9-15(18)10-8-14/h7-10,13,16-17H,5-6,11-12,19H2,1-4H3. The predicted molar refractivity (Wildman–Crippen MR) is 85.7 cm³/mol. The highest BCUT2D eigenvalue weighted by atomic mass is 19.1. The normalized spacial score (nSPS) is 16.0. The molecule has 0 radical (unpaired) electrons. The molecule has 0 saturated carbocycles. The Morgan fingerprint density at radius 1 is 1.19 bits per heavy atom. The molecule has 0 aromatic heterocycles. The summed E-state index contributed by atoms with van der Waals surface area (Å²) in [5.41, 5.74) is 7.45. The zero-order chi connectivity index (χ0) is 15.8. The Kier molecular flexibility index (Phi) is 7.86. The third-order valence-electron chi connectivity index (χ3n) is 4.16. The minimum atomic E-state index is -0.213. The lowest BCUT2D eigenvalue weighted by Crippen LogP contribution is -2.46. The molecule has 120 valence electrons. The molecule has 3 unspecified atom stereocenters. The Labute approximate surface area is 128 Å². The van der Waals surface area contributed by atoms with Gasteiger partial charge in [-0.2, -0.15) is 0 Å². The highest BCUT2D eigenvalue weighted by molar-refractivity contribution is 5.22. The lowest BCUT2D eigenvalue weighted by atomic mass is 9.94. The van der Waals surface area contributed by atoms with E-state index in [0.717, 1.165) is 24.9 Å². The maximum atomic E-state index is 13.2. The van der Waals surface area contributed by atoms with Crippen molar-refractivity contribution in [2.45, 2.75) is 51.7 Å². The van der Waals surface area contributed by atoms with E-state index < -0.39 is 0 Å². The van der Waals surface area contributed by atoms with E-state index in [0.29, 0.717) is 12.6 Å². The molecule has 0 fully saturated rings. The van der Waals surface area contributed by atoms with Crippen molar-refractivity contribution in [1.82, 2.24) is 4.90 Å². The second-order valence-corrected chi connectivity index (χ2v) is 5.56. The van der Waals surface area contributed by atoms with E-state index in [1.165, 1.54) is 12.1 Å². The lowest BCUT2D eigenvalue weighted by molar-refractivity contribution is 0.0755. The van der Waals surface area contributed by atoms with Gasteiger partial charge in [0.1, 0.15) is 5.82 Å². The maximum absolute atomic E-state index is 13.2. The van der Waals surface area contributed by atoms with Gasteiger partial charge in [0.2, 0.25) is 0 Å². The monoisotopic (exact) mass is 296 g/mol. The molecule has 0 aliphatic heterocycles. The summed E-state index contributed by atoms with van der Waals surface area (Å²) in [5.74, 6) is -0.213. The molecular weight excluding hydrogens is 267 g/mol. The van der Waals surface area contributed by atoms with Gasteiger partial charge in [-0.3, -0.25) is 4.90 Å². The Morgan fingerprint density at radius 3 is 2.29 bits per heavy atom. The van der Waals surface area contributed by atoms with Crippen LogP contribution in [-0.4, -0.2) is 37.2 Å². The summed E-state index contributed by atoms with van der Waals surface area (Å²) in [7, 11) is 1.71. The maximum Gasteiger partial charge on any atom is 0.123 e. The summed E-state index contributed by atoms with van der Waals surface area (Å²) in [6.07, 6.45) is 1.92. The fourth-order valence-electron chi connectivity index (χ4n) is 2.63. The van der Waals surface area contributed by atoms with E-state index >= 15 is 0 Å². The molecule has 2 N–H and O–H groups in total. The van der Waals surface area contributed by atoms with Crippen LogP contribution in [0.3, 0.4) is 0 Å². The van der Waals surface area contributed by atoms with E-state index in [-0.39, 0.29) is 17.9 Å². The van der Waals surface area contributed by atoms with Gasteiger partial charge in [0.05, 0.1) is 12.6 Å². The molecule has 3 atom stereocenters. The van der Waals surface area contributed by atoms with Crippen LogP contribution in [0.5, 0.6) is 0 Å². The number of hydrogen-bond donors (Lipinski definition) is 1. The van der Waals surface area contributed by atoms with Crippen LogP contribution in [-0.2, 0) is 4.74 Å². The van der Waals surface area contributed by atoms with Crippen molar-refractivity contribution in [2.24, 2.45) is 5.73 Å². The van der Waals surface area contributed by atoms with Crippen LogP contribution in [0.4, 0.5) is 4.39 Å². The van der Waals surface area contributed by atoms with Crippen molar-refractivity contribution in [3.8, 4) is 0 Å². The van der Waals surface area contributed by atoms with Gasteiger partial charge in [-0.15, -0.1) is 0 Å². The van der Waals surface area contributed by atoms with E-state index in [1.807, 2.05) is 12.1 Å². The molecule has 21 heavy (non-hydrogen) atoms. The Balaban J connectivity index is 3.09. The number of nitrogens with zero attached hydrogens (tertiary/aromatic N) is 1. The van der Waals surface area contributed by atoms with Crippen molar-refractivity contribution < 1.29 is 9.13 Å². The quantitative estimate of drug-likeness (QED) is 0.759. The fraction of sp³-hybridized carbons (Fsp3) is 0.647. The molecule has 0 bridgehead atoms. The van der Waals surface area contributed by atoms with Crippen LogP contribution in [0.2, 0.25) is 0 Å². The first kappa shape index (κ1) is 18.1. The van der Waals surface area contributed by atoms with Crippen molar-refractivity contribution in [3.05, 3.63) is 35.6 Å². The van der Waals surface area contributed by atoms with Gasteiger partial charge in [0, 0.05) is 25.7 Å². The molecule has 3 nitrogen and oxygen atoms in total. The average molecular weight is 296 g/mol. The molecule has 0 heterocycles.